The predicted octanol–water partition coefficient (Wildman–Crippen LogP) is 22.3. The van der Waals surface area contributed by atoms with E-state index in [-0.39, 0.29) is 0 Å². The molecule has 0 saturated carbocycles. The first kappa shape index (κ1) is 51.6. The van der Waals surface area contributed by atoms with E-state index in [9.17, 15) is 0 Å². The summed E-state index contributed by atoms with van der Waals surface area (Å²) in [6, 6.07) is 103. The molecule has 0 aliphatic heterocycles. The van der Waals surface area contributed by atoms with Gasteiger partial charge in [0.2, 0.25) is 0 Å². The van der Waals surface area contributed by atoms with Crippen molar-refractivity contribution in [3.63, 3.8) is 0 Å². The van der Waals surface area contributed by atoms with Crippen molar-refractivity contribution in [3.05, 3.63) is 296 Å². The number of halogens is 1. The molecule has 8 nitrogen and oxygen atoms in total. The summed E-state index contributed by atoms with van der Waals surface area (Å²) in [7, 11) is 0. The first-order valence-electron chi connectivity index (χ1n) is 31.4. The highest BCUT2D eigenvalue weighted by molar-refractivity contribution is 6.36. The van der Waals surface area contributed by atoms with Gasteiger partial charge in [0.1, 0.15) is 11.0 Å². The van der Waals surface area contributed by atoms with Gasteiger partial charge in [-0.1, -0.05) is 218 Å². The van der Waals surface area contributed by atoms with Gasteiger partial charge < -0.3 is 13.8 Å². The predicted molar refractivity (Wildman–Crippen MR) is 389 cm³/mol. The summed E-state index contributed by atoms with van der Waals surface area (Å²) in [4.78, 5) is 23.3. The smallest absolute Gasteiger partial charge is 0.162 e. The Morgan fingerprint density at radius 1 is 0.280 bits per heavy atom. The maximum absolute atomic E-state index is 6.28. The molecule has 8 heterocycles. The van der Waals surface area contributed by atoms with Crippen LogP contribution < -0.4 is 0 Å². The molecular formula is C84H49ClN8. The average Bonchev–Trinajstić information content (AvgIpc) is 1.53. The van der Waals surface area contributed by atoms with Crippen molar-refractivity contribution in [2.75, 3.05) is 0 Å². The van der Waals surface area contributed by atoms with Gasteiger partial charge in [0, 0.05) is 92.1 Å². The Labute approximate surface area is 534 Å². The van der Waals surface area contributed by atoms with Gasteiger partial charge in [0.05, 0.1) is 60.7 Å². The molecule has 22 aromatic rings. The minimum Gasteiger partial charge on any atom is -0.354 e. The molecule has 0 atom stereocenters. The Kier molecular flexibility index (Phi) is 11.0. The van der Waals surface area contributed by atoms with Gasteiger partial charge in [-0.15, -0.1) is 0 Å². The van der Waals surface area contributed by atoms with Gasteiger partial charge in [-0.2, -0.15) is 0 Å². The van der Waals surface area contributed by atoms with E-state index in [4.69, 9.17) is 21.6 Å². The number of fused-ring (bicyclic) bond motifs is 24. The molecule has 8 aromatic heterocycles. The van der Waals surface area contributed by atoms with Crippen LogP contribution in [0.5, 0.6) is 0 Å². The molecule has 0 spiro atoms. The molecule has 9 heteroatoms. The number of H-pyrrole nitrogens is 1. The minimum atomic E-state index is 0.490. The van der Waals surface area contributed by atoms with Crippen LogP contribution in [0.1, 0.15) is 0 Å². The summed E-state index contributed by atoms with van der Waals surface area (Å²) < 4.78 is 7.29. The van der Waals surface area contributed by atoms with Crippen LogP contribution in [0, 0.1) is 0 Å². The number of nitrogens with zero attached hydrogens (tertiary/aromatic N) is 7. The molecule has 22 rings (SSSR count). The van der Waals surface area contributed by atoms with Crippen molar-refractivity contribution in [2.24, 2.45) is 0 Å². The Balaban J connectivity index is 0.000000107. The van der Waals surface area contributed by atoms with Crippen molar-refractivity contribution in [2.45, 2.75) is 0 Å². The maximum Gasteiger partial charge on any atom is 0.162 e. The van der Waals surface area contributed by atoms with Crippen LogP contribution in [0.25, 0.3) is 192 Å². The van der Waals surface area contributed by atoms with E-state index >= 15 is 0 Å². The van der Waals surface area contributed by atoms with Crippen LogP contribution in [0.15, 0.2) is 291 Å². The highest BCUT2D eigenvalue weighted by Crippen LogP contribution is 2.48. The summed E-state index contributed by atoms with van der Waals surface area (Å²) >= 11 is 6.28. The molecule has 14 aromatic carbocycles. The second kappa shape index (κ2) is 19.9. The van der Waals surface area contributed by atoms with E-state index in [1.807, 2.05) is 42.5 Å². The number of aromatic nitrogens is 8. The van der Waals surface area contributed by atoms with Gasteiger partial charge >= 0.3 is 0 Å². The molecule has 0 aliphatic rings. The Bertz CT molecular complexity index is 6850. The zero-order valence-electron chi connectivity index (χ0n) is 49.7. The summed E-state index contributed by atoms with van der Waals surface area (Å²) in [5.41, 5.74) is 16.1. The van der Waals surface area contributed by atoms with E-state index in [1.165, 1.54) is 136 Å². The first-order chi connectivity index (χ1) is 46.1. The summed E-state index contributed by atoms with van der Waals surface area (Å²) in [5, 5.41) is 22.6. The van der Waals surface area contributed by atoms with Crippen molar-refractivity contribution >= 4 is 175 Å². The molecule has 432 valence electrons. The normalized spacial score (nSPS) is 12.1. The van der Waals surface area contributed by atoms with E-state index < -0.39 is 0 Å². The number of rotatable bonds is 3. The molecule has 0 saturated heterocycles. The van der Waals surface area contributed by atoms with Crippen LogP contribution in [0.3, 0.4) is 0 Å². The fourth-order valence-electron chi connectivity index (χ4n) is 15.2. The van der Waals surface area contributed by atoms with Gasteiger partial charge in [-0.05, 0) is 106 Å². The van der Waals surface area contributed by atoms with E-state index in [1.54, 1.807) is 0 Å². The van der Waals surface area contributed by atoms with Gasteiger partial charge in [-0.25, -0.2) is 19.9 Å². The van der Waals surface area contributed by atoms with Crippen molar-refractivity contribution < 1.29 is 0 Å². The third-order valence-electron chi connectivity index (χ3n) is 19.2. The lowest BCUT2D eigenvalue weighted by atomic mass is 10.0. The monoisotopic (exact) mass is 1200 g/mol. The van der Waals surface area contributed by atoms with Crippen LogP contribution >= 0.6 is 11.6 Å². The molecule has 0 amide bonds. The second-order valence-corrected chi connectivity index (χ2v) is 24.6. The Morgan fingerprint density at radius 2 is 0.688 bits per heavy atom. The van der Waals surface area contributed by atoms with Crippen LogP contribution in [-0.4, -0.2) is 38.3 Å². The quantitative estimate of drug-likeness (QED) is 0.179. The average molecular weight is 1210 g/mol. The summed E-state index contributed by atoms with van der Waals surface area (Å²) in [6.45, 7) is 0. The minimum absolute atomic E-state index is 0.490. The second-order valence-electron chi connectivity index (χ2n) is 24.2. The van der Waals surface area contributed by atoms with Crippen LogP contribution in [-0.2, 0) is 0 Å². The van der Waals surface area contributed by atoms with Crippen LogP contribution in [0.4, 0.5) is 0 Å². The van der Waals surface area contributed by atoms with E-state index in [0.717, 1.165) is 50.1 Å². The zero-order chi connectivity index (χ0) is 61.0. The highest BCUT2D eigenvalue weighted by atomic mass is 35.5. The fourth-order valence-corrected chi connectivity index (χ4v) is 15.4. The number of hydrogen-bond donors (Lipinski definition) is 1. The standard InChI is InChI=1S/C42H24N4.C24H14N2.C18H11ClN2/c1-2-12-26-23-27(22-21-25(26)11-1)41-43-34-17-7-3-15-30(34)42(44-41)46-36-19-9-5-14-29(36)33-24-32-28-13-4-8-18-35(28)45-37-20-10-6-16-31(37)38(39(32)45)40(33)46;1-4-10-19-14(7-1)17-13-18-15-8-2-5-11-20(15)26-21-12-6-3-9-16(21)22(24(18)26)23(17)25-19;19-17-15-7-3-4-8-16(15)20-18(21-17)14-10-9-12-5-1-2-6-13(12)11-14/h1-24H;1-13,25H;1-11H. The van der Waals surface area contributed by atoms with Crippen molar-refractivity contribution in [1.82, 2.24) is 38.3 Å². The van der Waals surface area contributed by atoms with Crippen LogP contribution in [0.2, 0.25) is 5.15 Å². The highest BCUT2D eigenvalue weighted by Gasteiger charge is 2.27. The third-order valence-corrected chi connectivity index (χ3v) is 19.5. The molecule has 93 heavy (non-hydrogen) atoms. The number of nitrogens with one attached hydrogen (secondary N) is 1. The van der Waals surface area contributed by atoms with Gasteiger partial charge in [0.15, 0.2) is 11.6 Å². The number of para-hydroxylation sites is 8. The number of benzene rings is 14. The Morgan fingerprint density at radius 3 is 1.29 bits per heavy atom. The lowest BCUT2D eigenvalue weighted by Crippen LogP contribution is -2.03. The largest absolute Gasteiger partial charge is 0.354 e. The van der Waals surface area contributed by atoms with E-state index in [2.05, 4.69) is 277 Å². The summed E-state index contributed by atoms with van der Waals surface area (Å²) in [6.07, 6.45) is 0. The van der Waals surface area contributed by atoms with Crippen molar-refractivity contribution in [1.29, 1.82) is 0 Å². The van der Waals surface area contributed by atoms with Gasteiger partial charge in [0.25, 0.3) is 0 Å². The SMILES string of the molecule is Clc1nc(-c2ccc3ccccc3c2)nc2ccccc12.c1ccc2c(c1)[nH]c1c2cc2c3ccccc3n3c4ccccc4c1c23.c1ccc2cc(-c3nc(-n4c5ccccc5c5cc6c7ccccc7n7c8ccccc8c(c54)c67)c4ccccc4n3)ccc2c1. The lowest BCUT2D eigenvalue weighted by molar-refractivity contribution is 1.08. The zero-order valence-corrected chi connectivity index (χ0v) is 50.5. The first-order valence-corrected chi connectivity index (χ1v) is 31.8. The lowest BCUT2D eigenvalue weighted by Gasteiger charge is -2.13. The topological polar surface area (TPSA) is 81.1 Å². The molecule has 0 aliphatic carbocycles. The van der Waals surface area contributed by atoms with Gasteiger partial charge in [-0.3, -0.25) is 4.57 Å². The molecule has 0 radical (unpaired) electrons. The molecule has 1 N–H and O–H groups in total. The third kappa shape index (κ3) is 7.61. The molecule has 0 fully saturated rings. The van der Waals surface area contributed by atoms with E-state index in [0.29, 0.717) is 11.0 Å². The molecule has 0 unspecified atom stereocenters. The number of aromatic amines is 1. The maximum atomic E-state index is 6.28. The molecular weight excluding hydrogens is 1160 g/mol. The molecule has 0 bridgehead atoms. The summed E-state index contributed by atoms with van der Waals surface area (Å²) in [5.74, 6) is 2.27. The number of hydrogen-bond acceptors (Lipinski definition) is 4. The van der Waals surface area contributed by atoms with Crippen molar-refractivity contribution in [3.8, 4) is 28.6 Å². The Hall–Kier alpha value is -12.2. The fraction of sp³-hybridized carbons (Fsp3) is 0.